The lowest BCUT2D eigenvalue weighted by molar-refractivity contribution is -0.119. The zero-order valence-electron chi connectivity index (χ0n) is 7.30. The van der Waals surface area contributed by atoms with E-state index in [-0.39, 0.29) is 6.42 Å². The zero-order valence-corrected chi connectivity index (χ0v) is 8.20. The quantitative estimate of drug-likeness (QED) is 0.443. The van der Waals surface area contributed by atoms with Gasteiger partial charge in [-0.05, 0) is 6.42 Å². The molecule has 13 heavy (non-hydrogen) atoms. The minimum Gasteiger partial charge on any atom is -0.395 e. The Morgan fingerprint density at radius 3 is 2.08 bits per heavy atom. The van der Waals surface area contributed by atoms with Crippen molar-refractivity contribution in [1.82, 2.24) is 0 Å². The molecule has 0 saturated carbocycles. The zero-order chi connectivity index (χ0) is 10.7. The van der Waals surface area contributed by atoms with Gasteiger partial charge < -0.3 is 20.6 Å². The summed E-state index contributed by atoms with van der Waals surface area (Å²) in [6.45, 7) is 0.731. The van der Waals surface area contributed by atoms with E-state index >= 15 is 0 Å². The molecule has 0 aromatic rings. The van der Waals surface area contributed by atoms with Crippen molar-refractivity contribution in [2.75, 3.05) is 6.61 Å². The Hall–Kier alpha value is -0.420. The normalized spacial score (nSPS) is 16.6. The molecule has 0 fully saturated rings. The molecule has 1 unspecified atom stereocenters. The van der Waals surface area contributed by atoms with Crippen molar-refractivity contribution < 1.29 is 24.3 Å². The molecule has 5 N–H and O–H groups in total. The summed E-state index contributed by atoms with van der Waals surface area (Å²) < 4.78 is 11.0. The fourth-order valence-electron chi connectivity index (χ4n) is 1.02. The first-order valence-electron chi connectivity index (χ1n) is 3.74. The summed E-state index contributed by atoms with van der Waals surface area (Å²) in [5, 5.41) is 7.15. The first-order valence-corrected chi connectivity index (χ1v) is 5.35. The maximum Gasteiger partial charge on any atom is 0.334 e. The van der Waals surface area contributed by atoms with E-state index in [1.54, 1.807) is 0 Å². The fourth-order valence-corrected chi connectivity index (χ4v) is 1.98. The number of carbonyl (C=O) groups is 1. The second kappa shape index (κ2) is 4.19. The van der Waals surface area contributed by atoms with Crippen molar-refractivity contribution in [2.45, 2.75) is 24.9 Å². The highest BCUT2D eigenvalue weighted by Gasteiger charge is 2.46. The number of carbonyl (C=O) groups excluding carboxylic acids is 1. The van der Waals surface area contributed by atoms with Crippen molar-refractivity contribution in [2.24, 2.45) is 5.73 Å². The van der Waals surface area contributed by atoms with Gasteiger partial charge in [-0.3, -0.25) is 9.36 Å². The van der Waals surface area contributed by atoms with Crippen molar-refractivity contribution in [1.29, 1.82) is 0 Å². The van der Waals surface area contributed by atoms with Gasteiger partial charge in [-0.25, -0.2) is 0 Å². The molecule has 0 saturated heterocycles. The van der Waals surface area contributed by atoms with E-state index in [4.69, 9.17) is 20.6 Å². The average Bonchev–Trinajstić information content (AvgIpc) is 1.97. The molecule has 0 aromatic carbocycles. The Kier molecular flexibility index (Phi) is 4.06. The molecule has 7 heteroatoms. The Bertz CT molecular complexity index is 231. The molecule has 0 bridgehead atoms. The van der Waals surface area contributed by atoms with Crippen LogP contribution >= 0.6 is 7.60 Å². The maximum atomic E-state index is 11.0. The number of rotatable bonds is 5. The lowest BCUT2D eigenvalue weighted by atomic mass is 10.0. The first-order chi connectivity index (χ1) is 5.79. The van der Waals surface area contributed by atoms with Crippen LogP contribution in [0, 0.1) is 0 Å². The summed E-state index contributed by atoms with van der Waals surface area (Å²) in [6, 6.07) is 0. The predicted octanol–water partition coefficient (Wildman–Crippen LogP) is -0.819. The molecule has 0 radical (unpaired) electrons. The highest BCUT2D eigenvalue weighted by atomic mass is 31.2. The smallest absolute Gasteiger partial charge is 0.334 e. The Balaban J connectivity index is 4.92. The molecule has 0 aliphatic rings. The van der Waals surface area contributed by atoms with E-state index in [2.05, 4.69) is 0 Å². The third kappa shape index (κ3) is 2.77. The van der Waals surface area contributed by atoms with Gasteiger partial charge >= 0.3 is 7.60 Å². The van der Waals surface area contributed by atoms with Gasteiger partial charge in [0.1, 0.15) is 5.16 Å². The van der Waals surface area contributed by atoms with E-state index in [1.165, 1.54) is 6.92 Å². The van der Waals surface area contributed by atoms with E-state index < -0.39 is 31.7 Å². The van der Waals surface area contributed by atoms with Gasteiger partial charge in [0.25, 0.3) is 0 Å². The van der Waals surface area contributed by atoms with Crippen LogP contribution in [-0.4, -0.2) is 32.6 Å². The summed E-state index contributed by atoms with van der Waals surface area (Å²) in [5.74, 6) is -0.834. The van der Waals surface area contributed by atoms with Crippen LogP contribution in [0.2, 0.25) is 0 Å². The van der Waals surface area contributed by atoms with Crippen LogP contribution in [0.4, 0.5) is 0 Å². The number of aliphatic hydroxyl groups is 1. The molecule has 0 heterocycles. The number of aliphatic hydroxyl groups excluding tert-OH is 1. The Morgan fingerprint density at radius 1 is 1.54 bits per heavy atom. The monoisotopic (exact) mass is 211 g/mol. The van der Waals surface area contributed by atoms with Crippen LogP contribution in [0.3, 0.4) is 0 Å². The Morgan fingerprint density at radius 2 is 2.00 bits per heavy atom. The maximum absolute atomic E-state index is 11.0. The summed E-state index contributed by atoms with van der Waals surface area (Å²) in [4.78, 5) is 28.4. The minimum absolute atomic E-state index is 0.00326. The van der Waals surface area contributed by atoms with Crippen molar-refractivity contribution in [3.05, 3.63) is 0 Å². The standard InChI is InChI=1S/C6H14NO5P/c1-2-6(4-8,3-5(7)9)13(10,11)12/h8H,2-4H2,1H3,(H2,7,9)(H2,10,11,12). The van der Waals surface area contributed by atoms with E-state index in [0.717, 1.165) is 0 Å². The topological polar surface area (TPSA) is 121 Å². The van der Waals surface area contributed by atoms with Gasteiger partial charge in [-0.1, -0.05) is 6.92 Å². The molecule has 0 aliphatic carbocycles. The van der Waals surface area contributed by atoms with Gasteiger partial charge in [0.15, 0.2) is 0 Å². The summed E-state index contributed by atoms with van der Waals surface area (Å²) >= 11 is 0. The van der Waals surface area contributed by atoms with Gasteiger partial charge in [-0.2, -0.15) is 0 Å². The van der Waals surface area contributed by atoms with Crippen LogP contribution in [0.25, 0.3) is 0 Å². The lowest BCUT2D eigenvalue weighted by Crippen LogP contribution is -2.37. The number of hydrogen-bond donors (Lipinski definition) is 4. The molecule has 1 atom stereocenters. The third-order valence-corrected chi connectivity index (χ3v) is 3.93. The molecule has 0 rings (SSSR count). The van der Waals surface area contributed by atoms with Gasteiger partial charge in [0.05, 0.1) is 6.61 Å². The highest BCUT2D eigenvalue weighted by molar-refractivity contribution is 7.53. The first kappa shape index (κ1) is 12.6. The van der Waals surface area contributed by atoms with Gasteiger partial charge in [-0.15, -0.1) is 0 Å². The van der Waals surface area contributed by atoms with Crippen molar-refractivity contribution >= 4 is 13.5 Å². The highest BCUT2D eigenvalue weighted by Crippen LogP contribution is 2.54. The van der Waals surface area contributed by atoms with E-state index in [0.29, 0.717) is 0 Å². The lowest BCUT2D eigenvalue weighted by Gasteiger charge is -2.29. The molecular formula is C6H14NO5P. The number of amides is 1. The fraction of sp³-hybridized carbons (Fsp3) is 0.833. The molecular weight excluding hydrogens is 197 g/mol. The second-order valence-corrected chi connectivity index (χ2v) is 4.96. The number of hydrogen-bond acceptors (Lipinski definition) is 3. The van der Waals surface area contributed by atoms with Gasteiger partial charge in [0, 0.05) is 6.42 Å². The number of primary amides is 1. The largest absolute Gasteiger partial charge is 0.395 e. The number of nitrogens with two attached hydrogens (primary N) is 1. The summed E-state index contributed by atoms with van der Waals surface area (Å²) in [6.07, 6.45) is -0.513. The minimum atomic E-state index is -4.51. The Labute approximate surface area is 75.9 Å². The molecule has 78 valence electrons. The second-order valence-electron chi connectivity index (χ2n) is 2.92. The summed E-state index contributed by atoms with van der Waals surface area (Å²) in [7, 11) is -4.51. The molecule has 6 nitrogen and oxygen atoms in total. The summed E-state index contributed by atoms with van der Waals surface area (Å²) in [5.41, 5.74) is 4.83. The molecule has 1 amide bonds. The molecule has 0 aliphatic heterocycles. The van der Waals surface area contributed by atoms with Crippen LogP contribution < -0.4 is 5.73 Å². The van der Waals surface area contributed by atoms with Crippen LogP contribution in [0.5, 0.6) is 0 Å². The van der Waals surface area contributed by atoms with Crippen LogP contribution in [0.1, 0.15) is 19.8 Å². The SMILES string of the molecule is CCC(CO)(CC(N)=O)P(=O)(O)O. The van der Waals surface area contributed by atoms with Crippen molar-refractivity contribution in [3.8, 4) is 0 Å². The van der Waals surface area contributed by atoms with Crippen LogP contribution in [-0.2, 0) is 9.36 Å². The third-order valence-electron chi connectivity index (χ3n) is 2.07. The average molecular weight is 211 g/mol. The molecule has 0 spiro atoms. The molecule has 0 aromatic heterocycles. The predicted molar refractivity (Wildman–Crippen MR) is 46.0 cm³/mol. The van der Waals surface area contributed by atoms with Gasteiger partial charge in [0.2, 0.25) is 5.91 Å². The van der Waals surface area contributed by atoms with E-state index in [9.17, 15) is 9.36 Å². The van der Waals surface area contributed by atoms with E-state index in [1.807, 2.05) is 0 Å². The van der Waals surface area contributed by atoms with Crippen LogP contribution in [0.15, 0.2) is 0 Å². The van der Waals surface area contributed by atoms with Crippen molar-refractivity contribution in [3.63, 3.8) is 0 Å².